The van der Waals surface area contributed by atoms with Gasteiger partial charge in [-0.15, -0.1) is 5.10 Å². The van der Waals surface area contributed by atoms with Crippen LogP contribution in [-0.2, 0) is 26.1 Å². The monoisotopic (exact) mass is 489 g/mol. The Kier molecular flexibility index (Phi) is 6.36. The maximum Gasteiger partial charge on any atom is 0.156 e. The van der Waals surface area contributed by atoms with Crippen molar-refractivity contribution < 1.29 is 5.11 Å². The molecule has 5 aromatic rings. The molecule has 0 bridgehead atoms. The minimum atomic E-state index is -1.40. The Morgan fingerprint density at radius 2 is 1.73 bits per heavy atom. The first kappa shape index (κ1) is 24.4. The number of rotatable bonds is 6. The van der Waals surface area contributed by atoms with Crippen molar-refractivity contribution >= 4 is 17.6 Å². The van der Waals surface area contributed by atoms with Gasteiger partial charge in [0.1, 0.15) is 0 Å². The molecule has 0 spiro atoms. The molecule has 1 unspecified atom stereocenters. The minimum absolute atomic E-state index is 0.692. The SMILES string of the molecule is C=N/N=c1/cc(-c2cccc(CC)c2)c2cc(C(O)(c3ccc(C)cc3)c3cncn3C)ccc2n1C. The summed E-state index contributed by atoms with van der Waals surface area (Å²) in [6.07, 6.45) is 4.39. The average molecular weight is 490 g/mol. The molecule has 2 heterocycles. The lowest BCUT2D eigenvalue weighted by molar-refractivity contribution is 0.117. The van der Waals surface area contributed by atoms with E-state index in [4.69, 9.17) is 0 Å². The van der Waals surface area contributed by atoms with Crippen LogP contribution >= 0.6 is 0 Å². The van der Waals surface area contributed by atoms with Gasteiger partial charge in [-0.1, -0.05) is 67.1 Å². The van der Waals surface area contributed by atoms with E-state index in [0.717, 1.165) is 45.1 Å². The van der Waals surface area contributed by atoms with E-state index in [-0.39, 0.29) is 0 Å². The number of fused-ring (bicyclic) bond motifs is 1. The lowest BCUT2D eigenvalue weighted by atomic mass is 9.82. The second-order valence-electron chi connectivity index (χ2n) is 9.47. The topological polar surface area (TPSA) is 67.7 Å². The second kappa shape index (κ2) is 9.64. The number of imidazole rings is 1. The normalized spacial score (nSPS) is 13.6. The molecule has 186 valence electrons. The molecule has 5 rings (SSSR count). The van der Waals surface area contributed by atoms with E-state index in [0.29, 0.717) is 11.2 Å². The van der Waals surface area contributed by atoms with Crippen LogP contribution in [0.1, 0.15) is 34.9 Å². The van der Waals surface area contributed by atoms with Crippen LogP contribution in [0.2, 0.25) is 0 Å². The fourth-order valence-electron chi connectivity index (χ4n) is 5.03. The van der Waals surface area contributed by atoms with Crippen molar-refractivity contribution in [1.82, 2.24) is 14.1 Å². The third kappa shape index (κ3) is 4.19. The van der Waals surface area contributed by atoms with Gasteiger partial charge in [-0.05, 0) is 59.4 Å². The van der Waals surface area contributed by atoms with Gasteiger partial charge in [0, 0.05) is 26.2 Å². The van der Waals surface area contributed by atoms with E-state index in [1.807, 2.05) is 72.6 Å². The van der Waals surface area contributed by atoms with Gasteiger partial charge in [0.2, 0.25) is 0 Å². The molecule has 0 aliphatic carbocycles. The minimum Gasteiger partial charge on any atom is -0.374 e. The summed E-state index contributed by atoms with van der Waals surface area (Å²) in [6.45, 7) is 7.75. The second-order valence-corrected chi connectivity index (χ2v) is 9.47. The molecular weight excluding hydrogens is 458 g/mol. The van der Waals surface area contributed by atoms with Crippen molar-refractivity contribution in [3.05, 3.63) is 119 Å². The van der Waals surface area contributed by atoms with E-state index in [1.54, 1.807) is 12.5 Å². The van der Waals surface area contributed by atoms with Gasteiger partial charge in [-0.3, -0.25) is 0 Å². The zero-order valence-electron chi connectivity index (χ0n) is 21.7. The molecule has 0 amide bonds. The third-order valence-corrected chi connectivity index (χ3v) is 7.16. The van der Waals surface area contributed by atoms with Gasteiger partial charge in [0.25, 0.3) is 0 Å². The lowest BCUT2D eigenvalue weighted by Crippen LogP contribution is -2.31. The van der Waals surface area contributed by atoms with Gasteiger partial charge in [0.15, 0.2) is 11.1 Å². The Balaban J connectivity index is 1.85. The number of hydrogen-bond acceptors (Lipinski definition) is 4. The number of hydrogen-bond donors (Lipinski definition) is 1. The van der Waals surface area contributed by atoms with E-state index in [1.165, 1.54) is 5.56 Å². The van der Waals surface area contributed by atoms with Crippen LogP contribution in [0.4, 0.5) is 0 Å². The molecule has 3 aromatic carbocycles. The number of aryl methyl sites for hydroxylation is 4. The Labute approximate surface area is 216 Å². The predicted octanol–water partition coefficient (Wildman–Crippen LogP) is 5.25. The number of benzene rings is 3. The van der Waals surface area contributed by atoms with Crippen LogP contribution in [0.5, 0.6) is 0 Å². The average Bonchev–Trinajstić information content (AvgIpc) is 3.36. The summed E-state index contributed by atoms with van der Waals surface area (Å²) in [6, 6.07) is 24.7. The molecule has 37 heavy (non-hydrogen) atoms. The predicted molar refractivity (Wildman–Crippen MR) is 149 cm³/mol. The van der Waals surface area contributed by atoms with Crippen LogP contribution in [-0.4, -0.2) is 25.9 Å². The molecular formula is C31H31N5O. The Hall–Kier alpha value is -4.29. The summed E-state index contributed by atoms with van der Waals surface area (Å²) >= 11 is 0. The number of aromatic nitrogens is 3. The van der Waals surface area contributed by atoms with E-state index < -0.39 is 5.60 Å². The molecule has 0 saturated carbocycles. The highest BCUT2D eigenvalue weighted by molar-refractivity contribution is 5.95. The third-order valence-electron chi connectivity index (χ3n) is 7.16. The van der Waals surface area contributed by atoms with Gasteiger partial charge in [0.05, 0.1) is 23.7 Å². The quantitative estimate of drug-likeness (QED) is 0.261. The summed E-state index contributed by atoms with van der Waals surface area (Å²) in [5, 5.41) is 21.6. The highest BCUT2D eigenvalue weighted by Gasteiger charge is 2.36. The molecule has 0 saturated heterocycles. The largest absolute Gasteiger partial charge is 0.374 e. The number of nitrogens with zero attached hydrogens (tertiary/aromatic N) is 5. The van der Waals surface area contributed by atoms with Crippen LogP contribution in [0.15, 0.2) is 95.5 Å². The Morgan fingerprint density at radius 3 is 2.41 bits per heavy atom. The van der Waals surface area contributed by atoms with Crippen molar-refractivity contribution in [2.24, 2.45) is 24.3 Å². The molecule has 6 nitrogen and oxygen atoms in total. The summed E-state index contributed by atoms with van der Waals surface area (Å²) in [7, 11) is 3.87. The molecule has 1 atom stereocenters. The van der Waals surface area contributed by atoms with Gasteiger partial charge < -0.3 is 14.2 Å². The maximum atomic E-state index is 12.5. The van der Waals surface area contributed by atoms with Crippen LogP contribution in [0, 0.1) is 6.92 Å². The van der Waals surface area contributed by atoms with Crippen LogP contribution in [0.25, 0.3) is 22.0 Å². The highest BCUT2D eigenvalue weighted by atomic mass is 16.3. The first-order valence-corrected chi connectivity index (χ1v) is 12.4. The van der Waals surface area contributed by atoms with Gasteiger partial charge in [-0.2, -0.15) is 5.10 Å². The standard InChI is InChI=1S/C31H31N5O/c1-6-22-8-7-9-23(16-22)26-18-30(34-32-3)36(5)28-15-14-25(17-27(26)28)31(37,29-19-33-20-35(29)4)24-12-10-21(2)11-13-24/h7-20,37H,3,6H2,1-2,4-5H3/b34-30-. The zero-order valence-corrected chi connectivity index (χ0v) is 21.7. The molecule has 1 N–H and O–H groups in total. The van der Waals surface area contributed by atoms with Crippen molar-refractivity contribution in [2.45, 2.75) is 25.9 Å². The number of pyridine rings is 1. The maximum absolute atomic E-state index is 12.5. The van der Waals surface area contributed by atoms with E-state index >= 15 is 0 Å². The number of aliphatic hydroxyl groups is 1. The van der Waals surface area contributed by atoms with Crippen LogP contribution < -0.4 is 5.49 Å². The summed E-state index contributed by atoms with van der Waals surface area (Å²) in [5.74, 6) is 0. The first-order valence-electron chi connectivity index (χ1n) is 12.4. The summed E-state index contributed by atoms with van der Waals surface area (Å²) in [4.78, 5) is 4.32. The van der Waals surface area contributed by atoms with E-state index in [2.05, 4.69) is 59.2 Å². The highest BCUT2D eigenvalue weighted by Crippen LogP contribution is 2.39. The molecule has 0 aliphatic heterocycles. The van der Waals surface area contributed by atoms with E-state index in [9.17, 15) is 5.11 Å². The smallest absolute Gasteiger partial charge is 0.156 e. The van der Waals surface area contributed by atoms with Crippen molar-refractivity contribution in [3.8, 4) is 11.1 Å². The fraction of sp³-hybridized carbons (Fsp3) is 0.194. The Bertz CT molecular complexity index is 1680. The molecule has 0 fully saturated rings. The van der Waals surface area contributed by atoms with Crippen LogP contribution in [0.3, 0.4) is 0 Å². The first-order chi connectivity index (χ1) is 17.9. The van der Waals surface area contributed by atoms with Crippen molar-refractivity contribution in [3.63, 3.8) is 0 Å². The summed E-state index contributed by atoms with van der Waals surface area (Å²) in [5.41, 5.74) is 6.99. The lowest BCUT2D eigenvalue weighted by Gasteiger charge is -2.30. The molecule has 0 aliphatic rings. The van der Waals surface area contributed by atoms with Gasteiger partial charge >= 0.3 is 0 Å². The van der Waals surface area contributed by atoms with Gasteiger partial charge in [-0.25, -0.2) is 4.98 Å². The zero-order chi connectivity index (χ0) is 26.2. The molecule has 0 radical (unpaired) electrons. The molecule has 2 aromatic heterocycles. The summed E-state index contributed by atoms with van der Waals surface area (Å²) < 4.78 is 3.86. The van der Waals surface area contributed by atoms with Crippen molar-refractivity contribution in [1.29, 1.82) is 0 Å². The van der Waals surface area contributed by atoms with Crippen molar-refractivity contribution in [2.75, 3.05) is 0 Å². The molecule has 6 heteroatoms. The Morgan fingerprint density at radius 1 is 0.973 bits per heavy atom. The fourth-order valence-corrected chi connectivity index (χ4v) is 5.03.